The molecule has 1 aliphatic rings. The van der Waals surface area contributed by atoms with Crippen LogP contribution in [0.1, 0.15) is 177 Å². The monoisotopic (exact) mass is 2090 g/mol. The van der Waals surface area contributed by atoms with E-state index in [9.17, 15) is 129 Å². The molecule has 50 nitrogen and oxygen atoms in total. The number of likely N-dealkylation sites (tertiary alicyclic amines) is 1. The highest BCUT2D eigenvalue weighted by Gasteiger charge is 2.44. The van der Waals surface area contributed by atoms with Gasteiger partial charge in [-0.2, -0.15) is 13.2 Å². The predicted molar refractivity (Wildman–Crippen MR) is 525 cm³/mol. The van der Waals surface area contributed by atoms with E-state index in [1.165, 1.54) is 49.9 Å². The molecule has 2 heterocycles. The molecule has 1 saturated heterocycles. The smallest absolute Gasteiger partial charge is 0.434 e. The lowest BCUT2D eigenvalue weighted by Gasteiger charge is -2.29. The van der Waals surface area contributed by atoms with Crippen molar-refractivity contribution in [1.29, 1.82) is 5.41 Å². The minimum absolute atomic E-state index is 0.0569. The molecule has 0 saturated carbocycles. The van der Waals surface area contributed by atoms with Gasteiger partial charge in [-0.3, -0.25) is 106 Å². The average molecular weight is 2090 g/mol. The fourth-order valence-electron chi connectivity index (χ4n) is 15.6. The van der Waals surface area contributed by atoms with Crippen LogP contribution in [0.2, 0.25) is 0 Å². The third-order valence-corrected chi connectivity index (χ3v) is 23.5. The van der Waals surface area contributed by atoms with Crippen LogP contribution >= 0.6 is 0 Å². The number of hydrogen-bond acceptors (Lipinski definition) is 28. The van der Waals surface area contributed by atoms with Crippen LogP contribution in [0.4, 0.5) is 13.2 Å². The molecule has 0 spiro atoms. The van der Waals surface area contributed by atoms with Crippen molar-refractivity contribution < 1.29 is 129 Å². The van der Waals surface area contributed by atoms with Crippen LogP contribution in [-0.2, 0) is 117 Å². The summed E-state index contributed by atoms with van der Waals surface area (Å²) in [7, 11) is 0. The lowest BCUT2D eigenvalue weighted by Crippen LogP contribution is -2.63. The SMILES string of the molecule is CC(C)C[C@H](NC(=O)[C@H](Cc1ccc(O)cc1)NC(=O)c1cccnc1C(F)(F)F)C(=O)N[C@@H](CCC(N)=O)C(=O)N[C@@H](CC(N)=O)C(=O)N[C@H](C(=O)N[C@@H](Cc1ccccc1)C(=O)N[C@@H](CCCCN)C(=O)N[C@H](C(=O)N[C@@H](CO)C(=O)N[C@@H](CCCCN)C(=O)N[C@@H](CCCNC(=N)N)C(=O)N[C@@H](CCC(N)=O)C(=O)N[C@@H](CO)C(=O)N[C@@H](Cc1ccccc1)C(=O)N[C@@H](C)C(=O)N1CCC[C@H]1C(N)=O)C(C)C)[C@@H](C)O. The Morgan fingerprint density at radius 2 is 0.797 bits per heavy atom. The number of phenols is 1. The molecule has 3 aromatic carbocycles. The molecule has 20 amide bonds. The number of unbranched alkanes of at least 4 members (excludes halogenated alkanes) is 2. The van der Waals surface area contributed by atoms with Gasteiger partial charge >= 0.3 is 6.18 Å². The number of aromatic hydroxyl groups is 1. The Labute approximate surface area is 851 Å². The number of aliphatic hydroxyl groups excluding tert-OH is 3. The van der Waals surface area contributed by atoms with Crippen LogP contribution in [0.25, 0.3) is 0 Å². The second-order valence-electron chi connectivity index (χ2n) is 36.4. The summed E-state index contributed by atoms with van der Waals surface area (Å²) >= 11 is 0. The third-order valence-electron chi connectivity index (χ3n) is 23.5. The van der Waals surface area contributed by atoms with E-state index in [-0.39, 0.29) is 102 Å². The number of aromatic nitrogens is 1. The van der Waals surface area contributed by atoms with Gasteiger partial charge in [-0.05, 0) is 163 Å². The van der Waals surface area contributed by atoms with Gasteiger partial charge in [0.25, 0.3) is 5.91 Å². The highest BCUT2D eigenvalue weighted by atomic mass is 19.4. The van der Waals surface area contributed by atoms with Crippen LogP contribution in [-0.4, -0.2) is 297 Å². The zero-order valence-electron chi connectivity index (χ0n) is 83.0. The van der Waals surface area contributed by atoms with Crippen LogP contribution < -0.4 is 125 Å². The maximum atomic E-state index is 14.9. The van der Waals surface area contributed by atoms with E-state index in [4.69, 9.17) is 45.5 Å². The summed E-state index contributed by atoms with van der Waals surface area (Å²) in [6.07, 6.45) is -10.4. The maximum absolute atomic E-state index is 14.9. The quantitative estimate of drug-likeness (QED) is 0.0111. The van der Waals surface area contributed by atoms with E-state index in [0.717, 1.165) is 25.3 Å². The number of nitrogens with two attached hydrogens (primary N) is 7. The first-order valence-corrected chi connectivity index (χ1v) is 48.2. The van der Waals surface area contributed by atoms with Crippen molar-refractivity contribution in [3.63, 3.8) is 0 Å². The van der Waals surface area contributed by atoms with Gasteiger partial charge in [-0.25, -0.2) is 0 Å². The number of phenolic OH excluding ortho intramolecular Hbond substituents is 1. The highest BCUT2D eigenvalue weighted by Crippen LogP contribution is 2.31. The first kappa shape index (κ1) is 123. The van der Waals surface area contributed by atoms with E-state index >= 15 is 0 Å². The predicted octanol–water partition coefficient (Wildman–Crippen LogP) is -7.09. The summed E-state index contributed by atoms with van der Waals surface area (Å²) in [6, 6.07) is -4.12. The number of primary amides is 4. The minimum Gasteiger partial charge on any atom is -0.508 e. The van der Waals surface area contributed by atoms with E-state index in [2.05, 4.69) is 90.1 Å². The van der Waals surface area contributed by atoms with Crippen LogP contribution in [0.15, 0.2) is 103 Å². The van der Waals surface area contributed by atoms with Gasteiger partial charge in [-0.1, -0.05) is 100 Å². The van der Waals surface area contributed by atoms with Crippen molar-refractivity contribution >= 4 is 124 Å². The van der Waals surface area contributed by atoms with Crippen LogP contribution in [0.3, 0.4) is 0 Å². The Morgan fingerprint density at radius 3 is 1.22 bits per heavy atom. The molecule has 4 aromatic rings. The number of hydrogen-bond donors (Lipinski definition) is 28. The van der Waals surface area contributed by atoms with Crippen LogP contribution in [0, 0.1) is 17.2 Å². The summed E-state index contributed by atoms with van der Waals surface area (Å²) in [4.78, 5) is 284. The average Bonchev–Trinajstić information content (AvgIpc) is 1.28. The van der Waals surface area contributed by atoms with Gasteiger partial charge in [0.1, 0.15) is 102 Å². The molecule has 1 aromatic heterocycles. The van der Waals surface area contributed by atoms with Crippen molar-refractivity contribution in [3.8, 4) is 5.75 Å². The number of pyridine rings is 1. The molecule has 0 radical (unpaired) electrons. The molecule has 1 fully saturated rings. The van der Waals surface area contributed by atoms with E-state index in [1.807, 2.05) is 0 Å². The Balaban J connectivity index is 1.36. The Bertz CT molecular complexity index is 5210. The molecule has 5 rings (SSSR count). The highest BCUT2D eigenvalue weighted by molar-refractivity contribution is 6.03. The van der Waals surface area contributed by atoms with Gasteiger partial charge in [0.05, 0.1) is 31.3 Å². The molecular formula is C95H139F3N26O24. The number of halogens is 3. The van der Waals surface area contributed by atoms with E-state index in [0.29, 0.717) is 24.0 Å². The van der Waals surface area contributed by atoms with Gasteiger partial charge < -0.3 is 151 Å². The molecular weight excluding hydrogens is 1950 g/mol. The van der Waals surface area contributed by atoms with E-state index < -0.39 is 314 Å². The van der Waals surface area contributed by atoms with Gasteiger partial charge in [0.15, 0.2) is 11.7 Å². The summed E-state index contributed by atoms with van der Waals surface area (Å²) in [6.45, 7) is 6.44. The molecule has 0 aliphatic carbocycles. The van der Waals surface area contributed by atoms with Gasteiger partial charge in [-0.15, -0.1) is 0 Å². The van der Waals surface area contributed by atoms with Crippen molar-refractivity contribution in [3.05, 3.63) is 131 Å². The second-order valence-corrected chi connectivity index (χ2v) is 36.4. The zero-order valence-corrected chi connectivity index (χ0v) is 83.0. The fourth-order valence-corrected chi connectivity index (χ4v) is 15.6. The first-order chi connectivity index (χ1) is 69.9. The lowest BCUT2D eigenvalue weighted by molar-refractivity contribution is -0.141. The van der Waals surface area contributed by atoms with Crippen molar-refractivity contribution in [2.45, 2.75) is 272 Å². The Kier molecular flexibility index (Phi) is 51.7. The summed E-state index contributed by atoms with van der Waals surface area (Å²) in [5.74, 6) is -24.5. The zero-order chi connectivity index (χ0) is 110. The number of amides is 20. The number of nitrogens with one attached hydrogen (secondary N) is 17. The number of carbonyl (C=O) groups is 20. The summed E-state index contributed by atoms with van der Waals surface area (Å²) in [5.41, 5.74) is 37.9. The molecule has 0 bridgehead atoms. The Hall–Kier alpha value is -15.1. The number of carbonyl (C=O) groups excluding carboxylic acids is 20. The van der Waals surface area contributed by atoms with Gasteiger partial charge in [0, 0.05) is 51.4 Å². The van der Waals surface area contributed by atoms with Crippen molar-refractivity contribution in [2.75, 3.05) is 39.4 Å². The number of aliphatic hydroxyl groups is 3. The molecule has 1 aliphatic heterocycles. The summed E-state index contributed by atoms with van der Waals surface area (Å²) < 4.78 is 42.3. The topological polar surface area (TPSA) is 837 Å². The normalized spacial score (nSPS) is 15.5. The number of benzene rings is 3. The molecule has 0 unspecified atom stereocenters. The number of rotatable bonds is 64. The van der Waals surface area contributed by atoms with Crippen LogP contribution in [0.5, 0.6) is 5.75 Å². The van der Waals surface area contributed by atoms with Crippen molar-refractivity contribution in [1.82, 2.24) is 95.0 Å². The second kappa shape index (κ2) is 62.0. The lowest BCUT2D eigenvalue weighted by atomic mass is 10.00. The molecule has 17 atom stereocenters. The third kappa shape index (κ3) is 42.1. The number of guanidine groups is 1. The number of nitrogens with zero attached hydrogens (tertiary/aromatic N) is 2. The largest absolute Gasteiger partial charge is 0.508 e. The number of alkyl halides is 3. The standard InChI is InChI=1S/C95H139F3N26O24/c1-49(2)42-63(116-87(142)65(45-55-29-31-56(128)32-30-55)115-78(133)57-24-17-39-107-76(57)95(96,97)98)85(140)114-61(33-35-71(101)129)81(136)118-67(46-73(103)131)88(143)123-75(52(6)127)92(147)119-66(44-54-22-11-8-12-23-54)86(141)111-59(26-14-16-38-100)83(138)122-74(50(3)4)91(146)121-69(48-126)89(144)112-58(25-13-15-37-99)79(134)110-60(27-18-40-108-94(105)106)80(135)113-62(34-36-72(102)130)82(137)120-68(47-125)90(145)117-64(43-53-20-9-7-10-21-53)84(139)109-51(5)93(148)124-41-19-28-70(124)77(104)132/h7-12,17,20-24,29-32,39,49-52,58-70,74-75,125-128H,13-16,18-19,25-28,33-38,40-48,99-100H2,1-6H3,(H2,101,129)(H2,102,130)(H2,103,131)(H2,104,132)(H,109,139)(H,110,134)(H,111,141)(H,112,144)(H,113,135)(H,114,140)(H,115,133)(H,116,142)(H,117,145)(H,118,136)(H,119,147)(H,120,137)(H,121,146)(H,122,138)(H,123,143)(H4,105,106,108)/t51-,52+,58-,59-,60-,61-,62-,63-,64-,65-,66-,67-,68-,69-,70-,74-,75-/m0/s1. The van der Waals surface area contributed by atoms with Gasteiger partial charge in [0.2, 0.25) is 112 Å². The maximum Gasteiger partial charge on any atom is 0.434 e. The minimum atomic E-state index is -5.14. The fraction of sp³-hybridized carbons (Fsp3) is 0.537. The molecule has 148 heavy (non-hydrogen) atoms. The first-order valence-electron chi connectivity index (χ1n) is 48.2. The summed E-state index contributed by atoms with van der Waals surface area (Å²) in [5, 5.41) is 89.2. The molecule has 814 valence electrons. The molecule has 35 N–H and O–H groups in total. The van der Waals surface area contributed by atoms with E-state index in [1.54, 1.807) is 74.5 Å². The van der Waals surface area contributed by atoms with Crippen molar-refractivity contribution in [2.24, 2.45) is 52.0 Å². The Morgan fingerprint density at radius 1 is 0.426 bits per heavy atom. The molecule has 53 heteroatoms.